The van der Waals surface area contributed by atoms with Crippen LogP contribution < -0.4 is 5.32 Å². The van der Waals surface area contributed by atoms with Crippen molar-refractivity contribution in [2.75, 3.05) is 19.6 Å². The molecule has 0 aliphatic carbocycles. The van der Waals surface area contributed by atoms with E-state index in [4.69, 9.17) is 5.11 Å². The van der Waals surface area contributed by atoms with Gasteiger partial charge in [0.1, 0.15) is 0 Å². The van der Waals surface area contributed by atoms with Crippen molar-refractivity contribution in [3.63, 3.8) is 0 Å². The van der Waals surface area contributed by atoms with E-state index in [0.717, 1.165) is 0 Å². The monoisotopic (exact) mass is 342 g/mol. The van der Waals surface area contributed by atoms with Gasteiger partial charge in [-0.25, -0.2) is 8.42 Å². The first-order valence-electron chi connectivity index (χ1n) is 7.35. The number of hydrogen-bond acceptors (Lipinski definition) is 4. The highest BCUT2D eigenvalue weighted by atomic mass is 32.2. The fourth-order valence-corrected chi connectivity index (χ4v) is 3.38. The third-order valence-electron chi connectivity index (χ3n) is 3.45. The fraction of sp³-hybridized carbons (Fsp3) is 0.467. The molecule has 0 heterocycles. The molecule has 0 saturated carbocycles. The van der Waals surface area contributed by atoms with Crippen molar-refractivity contribution in [1.82, 2.24) is 9.62 Å². The molecule has 2 N–H and O–H groups in total. The van der Waals surface area contributed by atoms with Gasteiger partial charge in [0.05, 0.1) is 10.8 Å². The number of rotatable bonds is 8. The quantitative estimate of drug-likeness (QED) is 0.738. The fourth-order valence-electron chi connectivity index (χ4n) is 1.93. The Balaban J connectivity index is 2.84. The van der Waals surface area contributed by atoms with Crippen molar-refractivity contribution in [1.29, 1.82) is 0 Å². The zero-order valence-corrected chi connectivity index (χ0v) is 14.3. The lowest BCUT2D eigenvalue weighted by molar-refractivity contribution is -0.140. The van der Waals surface area contributed by atoms with Crippen molar-refractivity contribution in [3.8, 4) is 0 Å². The number of carboxylic acids is 1. The first kappa shape index (κ1) is 19.1. The average Bonchev–Trinajstić information content (AvgIpc) is 2.53. The van der Waals surface area contributed by atoms with Crippen LogP contribution in [-0.2, 0) is 14.8 Å². The highest BCUT2D eigenvalue weighted by Gasteiger charge is 2.21. The zero-order chi connectivity index (χ0) is 17.6. The van der Waals surface area contributed by atoms with Gasteiger partial charge in [0.2, 0.25) is 10.0 Å². The Labute approximate surface area is 136 Å². The van der Waals surface area contributed by atoms with Gasteiger partial charge in [0, 0.05) is 25.2 Å². The van der Waals surface area contributed by atoms with Crippen molar-refractivity contribution in [2.24, 2.45) is 5.92 Å². The largest absolute Gasteiger partial charge is 0.481 e. The third-order valence-corrected chi connectivity index (χ3v) is 5.51. The summed E-state index contributed by atoms with van der Waals surface area (Å²) in [5, 5.41) is 11.3. The summed E-state index contributed by atoms with van der Waals surface area (Å²) < 4.78 is 26.0. The van der Waals surface area contributed by atoms with E-state index in [2.05, 4.69) is 5.32 Å². The summed E-state index contributed by atoms with van der Waals surface area (Å²) in [6.07, 6.45) is 0. The van der Waals surface area contributed by atoms with E-state index in [1.54, 1.807) is 13.8 Å². The molecule has 7 nitrogen and oxygen atoms in total. The normalized spacial score (nSPS) is 12.9. The highest BCUT2D eigenvalue weighted by molar-refractivity contribution is 7.89. The van der Waals surface area contributed by atoms with Gasteiger partial charge in [-0.1, -0.05) is 20.8 Å². The maximum Gasteiger partial charge on any atom is 0.308 e. The summed E-state index contributed by atoms with van der Waals surface area (Å²) in [5.74, 6) is -2.13. The molecule has 1 aromatic rings. The van der Waals surface area contributed by atoms with Gasteiger partial charge in [-0.15, -0.1) is 0 Å². The van der Waals surface area contributed by atoms with Gasteiger partial charge in [0.15, 0.2) is 0 Å². The van der Waals surface area contributed by atoms with E-state index in [1.807, 2.05) is 0 Å². The van der Waals surface area contributed by atoms with Crippen LogP contribution >= 0.6 is 0 Å². The molecule has 1 atom stereocenters. The summed E-state index contributed by atoms with van der Waals surface area (Å²) in [6, 6.07) is 5.58. The standard InChI is InChI=1S/C15H22N2O5S/c1-4-17(5-2)23(21,22)13-8-6-12(7-9-13)14(18)16-10-11(3)15(19)20/h6-9,11H,4-5,10H2,1-3H3,(H,16,18)(H,19,20). The second kappa shape index (κ2) is 8.07. The maximum atomic E-state index is 12.3. The first-order valence-corrected chi connectivity index (χ1v) is 8.79. The second-order valence-corrected chi connectivity index (χ2v) is 7.00. The van der Waals surface area contributed by atoms with Crippen molar-refractivity contribution >= 4 is 21.9 Å². The molecule has 128 valence electrons. The number of carbonyl (C=O) groups excluding carboxylic acids is 1. The summed E-state index contributed by atoms with van der Waals surface area (Å²) in [4.78, 5) is 22.7. The van der Waals surface area contributed by atoms with Crippen LogP contribution in [-0.4, -0.2) is 49.3 Å². The predicted molar refractivity (Wildman–Crippen MR) is 85.7 cm³/mol. The number of aliphatic carboxylic acids is 1. The van der Waals surface area contributed by atoms with E-state index in [9.17, 15) is 18.0 Å². The number of benzene rings is 1. The highest BCUT2D eigenvalue weighted by Crippen LogP contribution is 2.16. The Morgan fingerprint density at radius 2 is 1.70 bits per heavy atom. The molecule has 8 heteroatoms. The van der Waals surface area contributed by atoms with Gasteiger partial charge in [0.25, 0.3) is 5.91 Å². The molecule has 23 heavy (non-hydrogen) atoms. The maximum absolute atomic E-state index is 12.3. The number of sulfonamides is 1. The Morgan fingerprint density at radius 1 is 1.17 bits per heavy atom. The van der Waals surface area contributed by atoms with Crippen LogP contribution in [0.5, 0.6) is 0 Å². The molecule has 1 aromatic carbocycles. The van der Waals surface area contributed by atoms with Crippen LogP contribution in [0.4, 0.5) is 0 Å². The molecule has 0 spiro atoms. The van der Waals surface area contributed by atoms with E-state index in [-0.39, 0.29) is 17.0 Å². The van der Waals surface area contributed by atoms with E-state index < -0.39 is 27.8 Å². The zero-order valence-electron chi connectivity index (χ0n) is 13.4. The van der Waals surface area contributed by atoms with Gasteiger partial charge < -0.3 is 10.4 Å². The predicted octanol–water partition coefficient (Wildman–Crippen LogP) is 1.17. The van der Waals surface area contributed by atoms with E-state index in [1.165, 1.54) is 35.5 Å². The Bertz CT molecular complexity index is 651. The minimum absolute atomic E-state index is 0.00760. The molecule has 0 aliphatic rings. The number of nitrogens with zero attached hydrogens (tertiary/aromatic N) is 1. The Morgan fingerprint density at radius 3 is 2.13 bits per heavy atom. The molecular weight excluding hydrogens is 320 g/mol. The molecule has 0 radical (unpaired) electrons. The second-order valence-electron chi connectivity index (χ2n) is 5.06. The van der Waals surface area contributed by atoms with Crippen LogP contribution in [0.15, 0.2) is 29.2 Å². The van der Waals surface area contributed by atoms with Crippen molar-refractivity contribution in [2.45, 2.75) is 25.7 Å². The first-order chi connectivity index (χ1) is 10.7. The SMILES string of the molecule is CCN(CC)S(=O)(=O)c1ccc(C(=O)NCC(C)C(=O)O)cc1. The molecule has 0 bridgehead atoms. The topological polar surface area (TPSA) is 104 Å². The summed E-state index contributed by atoms with van der Waals surface area (Å²) in [7, 11) is -3.56. The number of hydrogen-bond donors (Lipinski definition) is 2. The smallest absolute Gasteiger partial charge is 0.308 e. The molecule has 0 aromatic heterocycles. The van der Waals surface area contributed by atoms with Crippen LogP contribution in [0.2, 0.25) is 0 Å². The number of carboxylic acid groups (broad SMARTS) is 1. The third kappa shape index (κ3) is 4.77. The number of carbonyl (C=O) groups is 2. The van der Waals surface area contributed by atoms with Crippen LogP contribution in [0.3, 0.4) is 0 Å². The average molecular weight is 342 g/mol. The molecule has 0 aliphatic heterocycles. The van der Waals surface area contributed by atoms with Crippen LogP contribution in [0.25, 0.3) is 0 Å². The molecule has 1 amide bonds. The Kier molecular flexibility index (Phi) is 6.71. The number of amides is 1. The summed E-state index contributed by atoms with van der Waals surface area (Å²) in [6.45, 7) is 5.75. The Hall–Kier alpha value is -1.93. The summed E-state index contributed by atoms with van der Waals surface area (Å²) in [5.41, 5.74) is 0.279. The van der Waals surface area contributed by atoms with Gasteiger partial charge >= 0.3 is 5.97 Å². The van der Waals surface area contributed by atoms with Crippen molar-refractivity contribution < 1.29 is 23.1 Å². The number of nitrogens with one attached hydrogen (secondary N) is 1. The van der Waals surface area contributed by atoms with Crippen molar-refractivity contribution in [3.05, 3.63) is 29.8 Å². The van der Waals surface area contributed by atoms with Crippen LogP contribution in [0, 0.1) is 5.92 Å². The lowest BCUT2D eigenvalue weighted by Crippen LogP contribution is -2.32. The lowest BCUT2D eigenvalue weighted by atomic mass is 10.1. The lowest BCUT2D eigenvalue weighted by Gasteiger charge is -2.18. The minimum Gasteiger partial charge on any atom is -0.481 e. The van der Waals surface area contributed by atoms with E-state index >= 15 is 0 Å². The summed E-state index contributed by atoms with van der Waals surface area (Å²) >= 11 is 0. The molecule has 1 unspecified atom stereocenters. The molecule has 0 saturated heterocycles. The van der Waals surface area contributed by atoms with Crippen LogP contribution in [0.1, 0.15) is 31.1 Å². The minimum atomic E-state index is -3.56. The van der Waals surface area contributed by atoms with Gasteiger partial charge in [-0.2, -0.15) is 4.31 Å². The molecule has 0 fully saturated rings. The van der Waals surface area contributed by atoms with Gasteiger partial charge in [-0.05, 0) is 24.3 Å². The molecular formula is C15H22N2O5S. The molecule has 1 rings (SSSR count). The van der Waals surface area contributed by atoms with Gasteiger partial charge in [-0.3, -0.25) is 9.59 Å². The van der Waals surface area contributed by atoms with E-state index in [0.29, 0.717) is 13.1 Å².